The average Bonchev–Trinajstić information content (AvgIpc) is 2.99. The second kappa shape index (κ2) is 6.94. The van der Waals surface area contributed by atoms with Crippen LogP contribution in [0.3, 0.4) is 0 Å². The Morgan fingerprint density at radius 3 is 2.64 bits per heavy atom. The normalized spacial score (nSPS) is 16.5. The number of piperazine rings is 1. The van der Waals surface area contributed by atoms with Crippen molar-refractivity contribution >= 4 is 17.8 Å². The maximum absolute atomic E-state index is 5.90. The Labute approximate surface area is 135 Å². The molecule has 1 aromatic carbocycles. The fourth-order valence-corrected chi connectivity index (χ4v) is 2.66. The smallest absolute Gasteiger partial charge is 0.151 e. The van der Waals surface area contributed by atoms with Gasteiger partial charge < -0.3 is 4.52 Å². The molecule has 0 amide bonds. The lowest BCUT2D eigenvalue weighted by atomic mass is 10.1. The van der Waals surface area contributed by atoms with Gasteiger partial charge in [0.25, 0.3) is 0 Å². The van der Waals surface area contributed by atoms with Crippen molar-refractivity contribution < 1.29 is 4.52 Å². The first-order chi connectivity index (χ1) is 10.7. The van der Waals surface area contributed by atoms with Crippen molar-refractivity contribution in [1.82, 2.24) is 15.1 Å². The standard InChI is InChI=1S/C16H19ClN4O/c1-2-18-21-9-7-20(8-10-21)12-15-11-16(19-22-15)13-3-5-14(17)6-4-13/h2-6,11H,7-10,12H2,1H3/b18-2-. The summed E-state index contributed by atoms with van der Waals surface area (Å²) in [7, 11) is 0. The maximum atomic E-state index is 5.90. The molecular formula is C16H19ClN4O. The van der Waals surface area contributed by atoms with E-state index >= 15 is 0 Å². The first kappa shape index (κ1) is 15.1. The average molecular weight is 319 g/mol. The van der Waals surface area contributed by atoms with Crippen LogP contribution in [0.4, 0.5) is 0 Å². The van der Waals surface area contributed by atoms with E-state index in [4.69, 9.17) is 16.1 Å². The minimum Gasteiger partial charge on any atom is -0.359 e. The van der Waals surface area contributed by atoms with Crippen LogP contribution in [0.5, 0.6) is 0 Å². The summed E-state index contributed by atoms with van der Waals surface area (Å²) in [5, 5.41) is 11.3. The SMILES string of the molecule is C/C=N\N1CCN(Cc2cc(-c3ccc(Cl)cc3)no2)CC1. The molecule has 116 valence electrons. The highest BCUT2D eigenvalue weighted by Crippen LogP contribution is 2.22. The minimum absolute atomic E-state index is 0.722. The van der Waals surface area contributed by atoms with E-state index in [0.29, 0.717) is 0 Å². The van der Waals surface area contributed by atoms with Crippen molar-refractivity contribution in [3.8, 4) is 11.3 Å². The van der Waals surface area contributed by atoms with Gasteiger partial charge in [-0.3, -0.25) is 9.91 Å². The Hall–Kier alpha value is -1.85. The van der Waals surface area contributed by atoms with E-state index in [1.165, 1.54) is 0 Å². The molecule has 5 nitrogen and oxygen atoms in total. The predicted molar refractivity (Wildman–Crippen MR) is 88.0 cm³/mol. The van der Waals surface area contributed by atoms with Gasteiger partial charge in [0.1, 0.15) is 5.69 Å². The molecule has 0 radical (unpaired) electrons. The summed E-state index contributed by atoms with van der Waals surface area (Å²) >= 11 is 5.90. The second-order valence-corrected chi connectivity index (χ2v) is 5.73. The van der Waals surface area contributed by atoms with Gasteiger partial charge in [-0.05, 0) is 19.1 Å². The molecule has 22 heavy (non-hydrogen) atoms. The van der Waals surface area contributed by atoms with Crippen molar-refractivity contribution in [1.29, 1.82) is 0 Å². The van der Waals surface area contributed by atoms with Crippen molar-refractivity contribution in [2.75, 3.05) is 26.2 Å². The molecule has 1 aliphatic rings. The van der Waals surface area contributed by atoms with E-state index in [0.717, 1.165) is 54.8 Å². The molecule has 1 fully saturated rings. The second-order valence-electron chi connectivity index (χ2n) is 5.29. The van der Waals surface area contributed by atoms with Gasteiger partial charge in [0.15, 0.2) is 5.76 Å². The van der Waals surface area contributed by atoms with Gasteiger partial charge >= 0.3 is 0 Å². The van der Waals surface area contributed by atoms with Crippen molar-refractivity contribution in [3.05, 3.63) is 41.1 Å². The van der Waals surface area contributed by atoms with E-state index in [1.54, 1.807) is 0 Å². The van der Waals surface area contributed by atoms with E-state index in [-0.39, 0.29) is 0 Å². The number of hydrogen-bond donors (Lipinski definition) is 0. The van der Waals surface area contributed by atoms with Gasteiger partial charge in [0.2, 0.25) is 0 Å². The lowest BCUT2D eigenvalue weighted by Crippen LogP contribution is -2.43. The third kappa shape index (κ3) is 3.67. The third-order valence-corrected chi connectivity index (χ3v) is 3.96. The highest BCUT2D eigenvalue weighted by molar-refractivity contribution is 6.30. The Balaban J connectivity index is 1.59. The fourth-order valence-electron chi connectivity index (χ4n) is 2.54. The van der Waals surface area contributed by atoms with E-state index < -0.39 is 0 Å². The maximum Gasteiger partial charge on any atom is 0.151 e. The van der Waals surface area contributed by atoms with Gasteiger partial charge in [0.05, 0.1) is 6.54 Å². The number of halogens is 1. The summed E-state index contributed by atoms with van der Waals surface area (Å²) in [6, 6.07) is 9.62. The van der Waals surface area contributed by atoms with Crippen LogP contribution in [0.15, 0.2) is 40.0 Å². The highest BCUT2D eigenvalue weighted by atomic mass is 35.5. The first-order valence-electron chi connectivity index (χ1n) is 7.42. The predicted octanol–water partition coefficient (Wildman–Crippen LogP) is 3.12. The van der Waals surface area contributed by atoms with E-state index in [1.807, 2.05) is 43.5 Å². The molecule has 0 saturated carbocycles. The fraction of sp³-hybridized carbons (Fsp3) is 0.375. The molecule has 0 atom stereocenters. The number of rotatable bonds is 4. The lowest BCUT2D eigenvalue weighted by Gasteiger charge is -2.32. The Morgan fingerprint density at radius 1 is 1.23 bits per heavy atom. The number of benzene rings is 1. The molecule has 1 saturated heterocycles. The summed E-state index contributed by atoms with van der Waals surface area (Å²) in [5.41, 5.74) is 1.86. The van der Waals surface area contributed by atoms with E-state index in [9.17, 15) is 0 Å². The van der Waals surface area contributed by atoms with Crippen LogP contribution in [0.1, 0.15) is 12.7 Å². The molecule has 1 aliphatic heterocycles. The van der Waals surface area contributed by atoms with Gasteiger partial charge in [-0.2, -0.15) is 5.10 Å². The first-order valence-corrected chi connectivity index (χ1v) is 7.80. The summed E-state index contributed by atoms with van der Waals surface area (Å²) in [6.45, 7) is 6.58. The molecule has 2 aromatic rings. The van der Waals surface area contributed by atoms with Crippen LogP contribution in [0.25, 0.3) is 11.3 Å². The molecule has 6 heteroatoms. The van der Waals surface area contributed by atoms with Crippen LogP contribution >= 0.6 is 11.6 Å². The van der Waals surface area contributed by atoms with Crippen molar-refractivity contribution in [3.63, 3.8) is 0 Å². The quantitative estimate of drug-likeness (QED) is 0.813. The van der Waals surface area contributed by atoms with Gasteiger partial charge in [-0.25, -0.2) is 0 Å². The van der Waals surface area contributed by atoms with Gasteiger partial charge in [0, 0.05) is 49.0 Å². The number of aromatic nitrogens is 1. The molecule has 0 spiro atoms. The number of hydrazone groups is 1. The molecule has 0 unspecified atom stereocenters. The van der Waals surface area contributed by atoms with Crippen molar-refractivity contribution in [2.24, 2.45) is 5.10 Å². The van der Waals surface area contributed by atoms with Crippen LogP contribution in [-0.2, 0) is 6.54 Å². The molecule has 3 rings (SSSR count). The summed E-state index contributed by atoms with van der Waals surface area (Å²) in [4.78, 5) is 2.35. The minimum atomic E-state index is 0.722. The molecule has 1 aromatic heterocycles. The van der Waals surface area contributed by atoms with Crippen LogP contribution in [-0.4, -0.2) is 47.5 Å². The number of nitrogens with zero attached hydrogens (tertiary/aromatic N) is 4. The monoisotopic (exact) mass is 318 g/mol. The molecule has 0 bridgehead atoms. The molecule has 0 N–H and O–H groups in total. The third-order valence-electron chi connectivity index (χ3n) is 3.71. The lowest BCUT2D eigenvalue weighted by molar-refractivity contribution is 0.122. The molecule has 2 heterocycles. The summed E-state index contributed by atoms with van der Waals surface area (Å²) in [5.74, 6) is 0.886. The van der Waals surface area contributed by atoms with E-state index in [2.05, 4.69) is 20.2 Å². The highest BCUT2D eigenvalue weighted by Gasteiger charge is 2.17. The van der Waals surface area contributed by atoms with Gasteiger partial charge in [-0.15, -0.1) is 0 Å². The molecular weight excluding hydrogens is 300 g/mol. The molecule has 0 aliphatic carbocycles. The topological polar surface area (TPSA) is 44.9 Å². The zero-order chi connectivity index (χ0) is 15.4. The Bertz CT molecular complexity index is 630. The Kier molecular flexibility index (Phi) is 4.75. The number of hydrogen-bond acceptors (Lipinski definition) is 5. The summed E-state index contributed by atoms with van der Waals surface area (Å²) < 4.78 is 5.46. The van der Waals surface area contributed by atoms with Crippen LogP contribution < -0.4 is 0 Å². The largest absolute Gasteiger partial charge is 0.359 e. The summed E-state index contributed by atoms with van der Waals surface area (Å²) in [6.07, 6.45) is 1.84. The zero-order valence-electron chi connectivity index (χ0n) is 12.6. The van der Waals surface area contributed by atoms with Crippen molar-refractivity contribution in [2.45, 2.75) is 13.5 Å². The van der Waals surface area contributed by atoms with Crippen LogP contribution in [0.2, 0.25) is 5.02 Å². The van der Waals surface area contributed by atoms with Crippen LogP contribution in [0, 0.1) is 0 Å². The van der Waals surface area contributed by atoms with Gasteiger partial charge in [-0.1, -0.05) is 28.9 Å². The zero-order valence-corrected chi connectivity index (χ0v) is 13.3. The Morgan fingerprint density at radius 2 is 1.95 bits per heavy atom.